The first-order valence-electron chi connectivity index (χ1n) is 6.95. The van der Waals surface area contributed by atoms with Crippen LogP contribution in [0, 0.1) is 0 Å². The molecular weight excluding hydrogens is 254 g/mol. The first-order chi connectivity index (χ1) is 9.58. The number of hydrogen-bond acceptors (Lipinski definition) is 4. The summed E-state index contributed by atoms with van der Waals surface area (Å²) in [5.74, 6) is 0. The van der Waals surface area contributed by atoms with Crippen LogP contribution < -0.4 is 10.5 Å². The van der Waals surface area contributed by atoms with Crippen molar-refractivity contribution in [3.05, 3.63) is 34.7 Å². The lowest BCUT2D eigenvalue weighted by Crippen LogP contribution is -2.31. The highest BCUT2D eigenvalue weighted by atomic mass is 16.3. The molecule has 1 aromatic heterocycles. The number of aromatic nitrogens is 2. The van der Waals surface area contributed by atoms with Crippen LogP contribution in [0.4, 0.5) is 5.69 Å². The highest BCUT2D eigenvalue weighted by Crippen LogP contribution is 2.28. The van der Waals surface area contributed by atoms with Crippen molar-refractivity contribution in [2.75, 3.05) is 19.0 Å². The van der Waals surface area contributed by atoms with Gasteiger partial charge >= 0.3 is 0 Å². The highest BCUT2D eigenvalue weighted by molar-refractivity contribution is 5.84. The largest absolute Gasteiger partial charge is 0.391 e. The average Bonchev–Trinajstić information content (AvgIpc) is 2.85. The van der Waals surface area contributed by atoms with Crippen LogP contribution in [0.25, 0.3) is 10.8 Å². The number of fused-ring (bicyclic) bond motifs is 1. The minimum atomic E-state index is -0.463. The van der Waals surface area contributed by atoms with Crippen LogP contribution in [0.15, 0.2) is 29.2 Å². The van der Waals surface area contributed by atoms with E-state index in [1.807, 2.05) is 37.2 Å². The van der Waals surface area contributed by atoms with Gasteiger partial charge in [-0.1, -0.05) is 6.07 Å². The van der Waals surface area contributed by atoms with Gasteiger partial charge in [0, 0.05) is 25.2 Å². The quantitative estimate of drug-likeness (QED) is 0.902. The Bertz CT molecular complexity index is 693. The number of aliphatic hydroxyl groups is 1. The normalized spacial score (nSPS) is 22.4. The Balaban J connectivity index is 2.16. The standard InChI is InChI=1S/C15H19N3O2/c1-17(2)11-7-6-10-9-16-18(15(20)12(10)8-11)13-4-3-5-14(13)19/h6-9,13-14,19H,3-5H2,1-2H3/t13-,14-/m1/s1. The average molecular weight is 273 g/mol. The molecule has 20 heavy (non-hydrogen) atoms. The molecule has 0 unspecified atom stereocenters. The van der Waals surface area contributed by atoms with Gasteiger partial charge in [-0.3, -0.25) is 4.79 Å². The first-order valence-corrected chi connectivity index (χ1v) is 6.95. The van der Waals surface area contributed by atoms with E-state index in [2.05, 4.69) is 5.10 Å². The molecule has 2 aromatic rings. The van der Waals surface area contributed by atoms with Gasteiger partial charge in [-0.15, -0.1) is 0 Å². The third-order valence-electron chi connectivity index (χ3n) is 4.07. The molecule has 0 amide bonds. The van der Waals surface area contributed by atoms with E-state index in [4.69, 9.17) is 0 Å². The van der Waals surface area contributed by atoms with Gasteiger partial charge in [0.25, 0.3) is 5.56 Å². The second-order valence-electron chi connectivity index (χ2n) is 5.63. The summed E-state index contributed by atoms with van der Waals surface area (Å²) in [5, 5.41) is 15.7. The van der Waals surface area contributed by atoms with Gasteiger partial charge in [0.15, 0.2) is 0 Å². The summed E-state index contributed by atoms with van der Waals surface area (Å²) in [6, 6.07) is 5.58. The molecule has 3 rings (SSSR count). The molecule has 5 heteroatoms. The molecule has 1 aliphatic rings. The molecule has 1 fully saturated rings. The SMILES string of the molecule is CN(C)c1ccc2cnn([C@@H]3CCC[C@H]3O)c(=O)c2c1. The lowest BCUT2D eigenvalue weighted by Gasteiger charge is -2.17. The summed E-state index contributed by atoms with van der Waals surface area (Å²) < 4.78 is 1.46. The maximum atomic E-state index is 12.6. The Morgan fingerprint density at radius 3 is 2.80 bits per heavy atom. The molecule has 106 valence electrons. The molecule has 0 spiro atoms. The van der Waals surface area contributed by atoms with Gasteiger partial charge in [0.05, 0.1) is 23.7 Å². The number of aliphatic hydroxyl groups excluding tert-OH is 1. The predicted molar refractivity (Wildman–Crippen MR) is 79.2 cm³/mol. The van der Waals surface area contributed by atoms with Crippen LogP contribution in [0.5, 0.6) is 0 Å². The molecule has 0 aliphatic heterocycles. The fourth-order valence-electron chi connectivity index (χ4n) is 2.86. The van der Waals surface area contributed by atoms with Crippen LogP contribution in [-0.4, -0.2) is 35.1 Å². The van der Waals surface area contributed by atoms with Crippen LogP contribution in [0.3, 0.4) is 0 Å². The number of rotatable bonds is 2. The van der Waals surface area contributed by atoms with Gasteiger partial charge in [-0.25, -0.2) is 4.68 Å². The Kier molecular flexibility index (Phi) is 3.22. The van der Waals surface area contributed by atoms with E-state index in [-0.39, 0.29) is 11.6 Å². The number of anilines is 1. The molecule has 0 bridgehead atoms. The zero-order valence-electron chi connectivity index (χ0n) is 11.8. The van der Waals surface area contributed by atoms with Crippen molar-refractivity contribution in [1.29, 1.82) is 0 Å². The molecule has 0 radical (unpaired) electrons. The van der Waals surface area contributed by atoms with E-state index in [0.717, 1.165) is 30.3 Å². The van der Waals surface area contributed by atoms with E-state index >= 15 is 0 Å². The third-order valence-corrected chi connectivity index (χ3v) is 4.07. The second kappa shape index (κ2) is 4.90. The van der Waals surface area contributed by atoms with E-state index in [1.165, 1.54) is 4.68 Å². The topological polar surface area (TPSA) is 58.4 Å². The molecule has 1 N–H and O–H groups in total. The number of hydrogen-bond donors (Lipinski definition) is 1. The molecule has 1 saturated carbocycles. The van der Waals surface area contributed by atoms with Crippen molar-refractivity contribution >= 4 is 16.5 Å². The van der Waals surface area contributed by atoms with Crippen molar-refractivity contribution in [2.24, 2.45) is 0 Å². The summed E-state index contributed by atoms with van der Waals surface area (Å²) in [7, 11) is 3.89. The van der Waals surface area contributed by atoms with Gasteiger partial charge in [-0.2, -0.15) is 5.10 Å². The second-order valence-corrected chi connectivity index (χ2v) is 5.63. The molecule has 0 saturated heterocycles. The van der Waals surface area contributed by atoms with E-state index in [0.29, 0.717) is 5.39 Å². The zero-order valence-corrected chi connectivity index (χ0v) is 11.8. The molecule has 1 heterocycles. The van der Waals surface area contributed by atoms with Crippen molar-refractivity contribution < 1.29 is 5.11 Å². The predicted octanol–water partition coefficient (Wildman–Crippen LogP) is 1.55. The van der Waals surface area contributed by atoms with Crippen LogP contribution in [0.2, 0.25) is 0 Å². The minimum Gasteiger partial charge on any atom is -0.391 e. The Morgan fingerprint density at radius 1 is 1.35 bits per heavy atom. The van der Waals surface area contributed by atoms with Crippen LogP contribution >= 0.6 is 0 Å². The van der Waals surface area contributed by atoms with Crippen molar-refractivity contribution in [1.82, 2.24) is 9.78 Å². The molecule has 1 aromatic carbocycles. The zero-order chi connectivity index (χ0) is 14.3. The Hall–Kier alpha value is -1.88. The van der Waals surface area contributed by atoms with Gasteiger partial charge in [0.2, 0.25) is 0 Å². The Morgan fingerprint density at radius 2 is 2.15 bits per heavy atom. The summed E-state index contributed by atoms with van der Waals surface area (Å²) in [4.78, 5) is 14.6. The summed E-state index contributed by atoms with van der Waals surface area (Å²) in [6.07, 6.45) is 3.74. The van der Waals surface area contributed by atoms with E-state index in [1.54, 1.807) is 6.20 Å². The summed E-state index contributed by atoms with van der Waals surface area (Å²) >= 11 is 0. The van der Waals surface area contributed by atoms with Gasteiger partial charge in [-0.05, 0) is 31.4 Å². The number of nitrogens with zero attached hydrogens (tertiary/aromatic N) is 3. The van der Waals surface area contributed by atoms with Gasteiger partial charge < -0.3 is 10.0 Å². The van der Waals surface area contributed by atoms with Crippen LogP contribution in [0.1, 0.15) is 25.3 Å². The maximum absolute atomic E-state index is 12.6. The highest BCUT2D eigenvalue weighted by Gasteiger charge is 2.28. The van der Waals surface area contributed by atoms with E-state index < -0.39 is 6.10 Å². The first kappa shape index (κ1) is 13.1. The van der Waals surface area contributed by atoms with Gasteiger partial charge in [0.1, 0.15) is 0 Å². The summed E-state index contributed by atoms with van der Waals surface area (Å²) in [5.41, 5.74) is 0.872. The third kappa shape index (κ3) is 2.08. The molecule has 1 aliphatic carbocycles. The van der Waals surface area contributed by atoms with E-state index in [9.17, 15) is 9.90 Å². The minimum absolute atomic E-state index is 0.114. The molecule has 2 atom stereocenters. The van der Waals surface area contributed by atoms with Crippen molar-refractivity contribution in [2.45, 2.75) is 31.4 Å². The fraction of sp³-hybridized carbons (Fsp3) is 0.467. The maximum Gasteiger partial charge on any atom is 0.275 e. The Labute approximate surface area is 117 Å². The summed E-state index contributed by atoms with van der Waals surface area (Å²) in [6.45, 7) is 0. The lowest BCUT2D eigenvalue weighted by atomic mass is 10.1. The molecular formula is C15H19N3O2. The molecule has 5 nitrogen and oxygen atoms in total. The smallest absolute Gasteiger partial charge is 0.275 e. The fourth-order valence-corrected chi connectivity index (χ4v) is 2.86. The number of benzene rings is 1. The van der Waals surface area contributed by atoms with Crippen LogP contribution in [-0.2, 0) is 0 Å². The van der Waals surface area contributed by atoms with Crippen molar-refractivity contribution in [3.8, 4) is 0 Å². The monoisotopic (exact) mass is 273 g/mol. The van der Waals surface area contributed by atoms with Crippen molar-refractivity contribution in [3.63, 3.8) is 0 Å². The lowest BCUT2D eigenvalue weighted by molar-refractivity contribution is 0.128.